The second kappa shape index (κ2) is 8.23. The van der Waals surface area contributed by atoms with Crippen molar-refractivity contribution in [1.29, 1.82) is 0 Å². The van der Waals surface area contributed by atoms with Crippen LogP contribution in [0, 0.1) is 24.0 Å². The van der Waals surface area contributed by atoms with Crippen LogP contribution in [-0.2, 0) is 20.0 Å². The summed E-state index contributed by atoms with van der Waals surface area (Å²) in [4.78, 5) is 10.2. The van der Waals surface area contributed by atoms with Crippen molar-refractivity contribution in [2.45, 2.75) is 23.6 Å². The van der Waals surface area contributed by atoms with Gasteiger partial charge in [-0.2, -0.15) is 8.61 Å². The first-order valence-corrected chi connectivity index (χ1v) is 12.2. The van der Waals surface area contributed by atoms with Crippen LogP contribution >= 0.6 is 11.6 Å². The first kappa shape index (κ1) is 22.6. The molecule has 30 heavy (non-hydrogen) atoms. The lowest BCUT2D eigenvalue weighted by molar-refractivity contribution is -0.384. The van der Waals surface area contributed by atoms with Crippen molar-refractivity contribution in [2.75, 3.05) is 26.2 Å². The zero-order chi connectivity index (χ0) is 22.3. The minimum absolute atomic E-state index is 0.00431. The minimum Gasteiger partial charge on any atom is -0.258 e. The Morgan fingerprint density at radius 1 is 0.867 bits per heavy atom. The normalized spacial score (nSPS) is 16.5. The van der Waals surface area contributed by atoms with Gasteiger partial charge in [0.2, 0.25) is 20.0 Å². The van der Waals surface area contributed by atoms with Crippen LogP contribution < -0.4 is 0 Å². The predicted octanol–water partition coefficient (Wildman–Crippen LogP) is 2.56. The molecule has 3 rings (SSSR count). The third kappa shape index (κ3) is 4.21. The van der Waals surface area contributed by atoms with Crippen LogP contribution in [0.3, 0.4) is 0 Å². The highest BCUT2D eigenvalue weighted by Crippen LogP contribution is 2.28. The standard InChI is InChI=1S/C18H20ClN3O6S2/c1-13-12-18(14(2)11-17(13)19)30(27,28)21-9-7-20(8-10-21)29(25,26)16-5-3-15(4-6-16)22(23)24/h3-6,11-12H,7-10H2,1-2H3. The number of non-ortho nitro benzene ring substituents is 1. The number of sulfonamides is 2. The van der Waals surface area contributed by atoms with E-state index in [0.717, 1.165) is 12.1 Å². The number of hydrogen-bond acceptors (Lipinski definition) is 6. The van der Waals surface area contributed by atoms with E-state index in [1.807, 2.05) is 0 Å². The van der Waals surface area contributed by atoms with Gasteiger partial charge in [0.25, 0.3) is 5.69 Å². The molecule has 0 saturated carbocycles. The zero-order valence-electron chi connectivity index (χ0n) is 16.3. The first-order chi connectivity index (χ1) is 13.9. The van der Waals surface area contributed by atoms with Crippen molar-refractivity contribution >= 4 is 37.3 Å². The van der Waals surface area contributed by atoms with Crippen LogP contribution in [0.4, 0.5) is 5.69 Å². The topological polar surface area (TPSA) is 118 Å². The van der Waals surface area contributed by atoms with Crippen LogP contribution in [0.2, 0.25) is 5.02 Å². The molecule has 0 radical (unpaired) electrons. The van der Waals surface area contributed by atoms with Crippen molar-refractivity contribution in [2.24, 2.45) is 0 Å². The number of piperazine rings is 1. The van der Waals surface area contributed by atoms with E-state index in [1.165, 1.54) is 26.8 Å². The molecule has 0 spiro atoms. The number of hydrogen-bond donors (Lipinski definition) is 0. The van der Waals surface area contributed by atoms with Crippen molar-refractivity contribution in [3.8, 4) is 0 Å². The molecular formula is C18H20ClN3O6S2. The Balaban J connectivity index is 1.78. The van der Waals surface area contributed by atoms with Gasteiger partial charge >= 0.3 is 0 Å². The number of benzene rings is 2. The predicted molar refractivity (Wildman–Crippen MR) is 112 cm³/mol. The molecule has 1 aliphatic heterocycles. The Kier molecular flexibility index (Phi) is 6.21. The largest absolute Gasteiger partial charge is 0.269 e. The molecule has 12 heteroatoms. The average molecular weight is 474 g/mol. The maximum Gasteiger partial charge on any atom is 0.269 e. The highest BCUT2D eigenvalue weighted by atomic mass is 35.5. The van der Waals surface area contributed by atoms with Gasteiger partial charge in [-0.25, -0.2) is 16.8 Å². The number of rotatable bonds is 5. The van der Waals surface area contributed by atoms with E-state index >= 15 is 0 Å². The molecule has 0 aromatic heterocycles. The van der Waals surface area contributed by atoms with E-state index < -0.39 is 25.0 Å². The molecule has 2 aromatic carbocycles. The molecule has 0 bridgehead atoms. The maximum atomic E-state index is 13.1. The summed E-state index contributed by atoms with van der Waals surface area (Å²) in [5, 5.41) is 11.2. The number of aryl methyl sites for hydroxylation is 2. The summed E-state index contributed by atoms with van der Waals surface area (Å²) in [6, 6.07) is 7.72. The van der Waals surface area contributed by atoms with Crippen molar-refractivity contribution in [1.82, 2.24) is 8.61 Å². The van der Waals surface area contributed by atoms with E-state index in [4.69, 9.17) is 11.6 Å². The third-order valence-corrected chi connectivity index (χ3v) is 9.32. The van der Waals surface area contributed by atoms with Crippen molar-refractivity contribution in [3.63, 3.8) is 0 Å². The van der Waals surface area contributed by atoms with Gasteiger partial charge in [-0.05, 0) is 49.2 Å². The average Bonchev–Trinajstić information content (AvgIpc) is 2.70. The molecule has 1 heterocycles. The molecule has 1 fully saturated rings. The van der Waals surface area contributed by atoms with E-state index in [9.17, 15) is 26.9 Å². The Morgan fingerprint density at radius 2 is 1.37 bits per heavy atom. The fourth-order valence-corrected chi connectivity index (χ4v) is 6.56. The minimum atomic E-state index is -3.89. The lowest BCUT2D eigenvalue weighted by Gasteiger charge is -2.33. The molecule has 162 valence electrons. The Hall–Kier alpha value is -2.05. The van der Waals surface area contributed by atoms with E-state index in [0.29, 0.717) is 16.1 Å². The van der Waals surface area contributed by atoms with Crippen LogP contribution in [0.15, 0.2) is 46.2 Å². The van der Waals surface area contributed by atoms with Crippen LogP contribution in [-0.4, -0.2) is 56.5 Å². The number of nitro benzene ring substituents is 1. The van der Waals surface area contributed by atoms with Crippen molar-refractivity contribution in [3.05, 3.63) is 62.7 Å². The van der Waals surface area contributed by atoms with Crippen LogP contribution in [0.5, 0.6) is 0 Å². The van der Waals surface area contributed by atoms with Gasteiger partial charge < -0.3 is 0 Å². The van der Waals surface area contributed by atoms with Gasteiger partial charge in [-0.3, -0.25) is 10.1 Å². The second-order valence-electron chi connectivity index (χ2n) is 6.93. The number of halogens is 1. The lowest BCUT2D eigenvalue weighted by Crippen LogP contribution is -2.50. The maximum absolute atomic E-state index is 13.1. The summed E-state index contributed by atoms with van der Waals surface area (Å²) >= 11 is 6.06. The van der Waals surface area contributed by atoms with Gasteiger partial charge in [0, 0.05) is 43.3 Å². The fourth-order valence-electron chi connectivity index (χ4n) is 3.21. The van der Waals surface area contributed by atoms with E-state index in [-0.39, 0.29) is 41.7 Å². The molecule has 0 N–H and O–H groups in total. The summed E-state index contributed by atoms with van der Waals surface area (Å²) in [5.41, 5.74) is 0.949. The summed E-state index contributed by atoms with van der Waals surface area (Å²) in [6.07, 6.45) is 0. The van der Waals surface area contributed by atoms with E-state index in [2.05, 4.69) is 0 Å². The van der Waals surface area contributed by atoms with Gasteiger partial charge in [0.15, 0.2) is 0 Å². The molecule has 0 aliphatic carbocycles. The first-order valence-electron chi connectivity index (χ1n) is 8.96. The van der Waals surface area contributed by atoms with Crippen LogP contribution in [0.25, 0.3) is 0 Å². The monoisotopic (exact) mass is 473 g/mol. The number of nitro groups is 1. The highest BCUT2D eigenvalue weighted by Gasteiger charge is 2.34. The van der Waals surface area contributed by atoms with E-state index in [1.54, 1.807) is 19.9 Å². The van der Waals surface area contributed by atoms with Gasteiger partial charge in [-0.1, -0.05) is 11.6 Å². The molecule has 0 amide bonds. The summed E-state index contributed by atoms with van der Waals surface area (Å²) in [5.74, 6) is 0. The molecular weight excluding hydrogens is 454 g/mol. The van der Waals surface area contributed by atoms with Gasteiger partial charge in [0.1, 0.15) is 0 Å². The number of nitrogens with zero attached hydrogens (tertiary/aromatic N) is 3. The molecule has 1 saturated heterocycles. The molecule has 2 aromatic rings. The van der Waals surface area contributed by atoms with Gasteiger partial charge in [-0.15, -0.1) is 0 Å². The zero-order valence-corrected chi connectivity index (χ0v) is 18.7. The summed E-state index contributed by atoms with van der Waals surface area (Å²) < 4.78 is 54.1. The molecule has 9 nitrogen and oxygen atoms in total. The van der Waals surface area contributed by atoms with Crippen molar-refractivity contribution < 1.29 is 21.8 Å². The highest BCUT2D eigenvalue weighted by molar-refractivity contribution is 7.89. The second-order valence-corrected chi connectivity index (χ2v) is 11.2. The Bertz CT molecular complexity index is 1190. The van der Waals surface area contributed by atoms with Gasteiger partial charge in [0.05, 0.1) is 14.7 Å². The summed E-state index contributed by atoms with van der Waals surface area (Å²) in [6.45, 7) is 3.32. The Morgan fingerprint density at radius 3 is 1.87 bits per heavy atom. The lowest BCUT2D eigenvalue weighted by atomic mass is 10.2. The summed E-state index contributed by atoms with van der Waals surface area (Å²) in [7, 11) is -7.69. The molecule has 0 unspecified atom stereocenters. The molecule has 1 aliphatic rings. The quantitative estimate of drug-likeness (QED) is 0.486. The SMILES string of the molecule is Cc1cc(S(=O)(=O)N2CCN(S(=O)(=O)c3ccc([N+](=O)[O-])cc3)CC2)c(C)cc1Cl. The van der Waals surface area contributed by atoms with Crippen LogP contribution in [0.1, 0.15) is 11.1 Å². The fraction of sp³-hybridized carbons (Fsp3) is 0.333. The molecule has 0 atom stereocenters. The Labute approximate surface area is 180 Å². The third-order valence-electron chi connectivity index (χ3n) is 4.96. The smallest absolute Gasteiger partial charge is 0.258 e.